The Labute approximate surface area is 262 Å². The third-order valence-electron chi connectivity index (χ3n) is 6.91. The van der Waals surface area contributed by atoms with Gasteiger partial charge in [0.15, 0.2) is 4.87 Å². The Balaban J connectivity index is 1.89. The van der Waals surface area contributed by atoms with Gasteiger partial charge in [0, 0.05) is 31.2 Å². The minimum Gasteiger partial charge on any atom is -0.480 e. The van der Waals surface area contributed by atoms with Gasteiger partial charge in [-0.1, -0.05) is 39.0 Å². The molecule has 4 aromatic rings. The van der Waals surface area contributed by atoms with E-state index in [1.54, 1.807) is 88.9 Å². The van der Waals surface area contributed by atoms with E-state index in [-0.39, 0.29) is 22.8 Å². The van der Waals surface area contributed by atoms with Gasteiger partial charge >= 0.3 is 12.1 Å². The predicted octanol–water partition coefficient (Wildman–Crippen LogP) is 4.73. The standard InChI is InChI=1S/C32H38N6O6S/c1-30(2,3)27(28(39)40)38(29(41)44-31(4,5)6)26-12-7-11-25(36-26)32(33,45(42,43)24-10-8-17-34-21-24)20-22-13-15-23(16-14-22)37-19-9-18-35-37/h7-19,21,27H,20,33H2,1-6H3,(H,39,40). The van der Waals surface area contributed by atoms with E-state index in [1.807, 2.05) is 0 Å². The van der Waals surface area contributed by atoms with Gasteiger partial charge in [-0.25, -0.2) is 32.6 Å². The quantitative estimate of drug-likeness (QED) is 0.262. The lowest BCUT2D eigenvalue weighted by Crippen LogP contribution is -2.54. The summed E-state index contributed by atoms with van der Waals surface area (Å²) < 4.78 is 35.9. The first-order chi connectivity index (χ1) is 20.9. The maximum Gasteiger partial charge on any atom is 0.416 e. The molecule has 2 atom stereocenters. The number of hydrogen-bond donors (Lipinski definition) is 2. The number of benzene rings is 1. The third-order valence-corrected chi connectivity index (χ3v) is 9.09. The van der Waals surface area contributed by atoms with Crippen molar-refractivity contribution in [3.05, 3.63) is 96.7 Å². The number of carboxylic acid groups (broad SMARTS) is 1. The number of carboxylic acids is 1. The van der Waals surface area contributed by atoms with E-state index in [0.717, 1.165) is 10.6 Å². The smallest absolute Gasteiger partial charge is 0.416 e. The summed E-state index contributed by atoms with van der Waals surface area (Å²) in [6.07, 6.45) is 4.90. The number of rotatable bonds is 9. The number of carbonyl (C=O) groups excluding carboxylic acids is 1. The van der Waals surface area contributed by atoms with Crippen LogP contribution in [0.4, 0.5) is 10.6 Å². The number of aromatic nitrogens is 4. The van der Waals surface area contributed by atoms with E-state index >= 15 is 0 Å². The van der Waals surface area contributed by atoms with Crippen LogP contribution in [0.25, 0.3) is 5.69 Å². The van der Waals surface area contributed by atoms with Crippen LogP contribution in [0.15, 0.2) is 90.3 Å². The van der Waals surface area contributed by atoms with E-state index in [2.05, 4.69) is 15.1 Å². The highest BCUT2D eigenvalue weighted by Gasteiger charge is 2.47. The zero-order chi connectivity index (χ0) is 33.2. The van der Waals surface area contributed by atoms with Crippen molar-refractivity contribution in [3.63, 3.8) is 0 Å². The molecule has 0 fully saturated rings. The molecular weight excluding hydrogens is 596 g/mol. The topological polar surface area (TPSA) is 171 Å². The van der Waals surface area contributed by atoms with Crippen molar-refractivity contribution in [3.8, 4) is 5.69 Å². The lowest BCUT2D eigenvalue weighted by molar-refractivity contribution is -0.141. The van der Waals surface area contributed by atoms with E-state index in [0.29, 0.717) is 5.56 Å². The molecule has 12 nitrogen and oxygen atoms in total. The van der Waals surface area contributed by atoms with Gasteiger partial charge in [0.1, 0.15) is 17.5 Å². The molecule has 4 rings (SSSR count). The number of sulfone groups is 1. The summed E-state index contributed by atoms with van der Waals surface area (Å²) in [7, 11) is -4.38. The second-order valence-electron chi connectivity index (χ2n) is 12.7. The first-order valence-electron chi connectivity index (χ1n) is 14.2. The zero-order valence-corrected chi connectivity index (χ0v) is 26.9. The van der Waals surface area contributed by atoms with Gasteiger partial charge in [0.05, 0.1) is 16.3 Å². The molecule has 0 aliphatic heterocycles. The van der Waals surface area contributed by atoms with Crippen LogP contribution in [-0.4, -0.2) is 57.0 Å². The molecule has 45 heavy (non-hydrogen) atoms. The second-order valence-corrected chi connectivity index (χ2v) is 14.9. The van der Waals surface area contributed by atoms with E-state index in [4.69, 9.17) is 10.5 Å². The van der Waals surface area contributed by atoms with Gasteiger partial charge < -0.3 is 15.6 Å². The lowest BCUT2D eigenvalue weighted by Gasteiger charge is -2.37. The lowest BCUT2D eigenvalue weighted by atomic mass is 9.85. The number of nitrogens with two attached hydrogens (primary N) is 1. The summed E-state index contributed by atoms with van der Waals surface area (Å²) >= 11 is 0. The average Bonchev–Trinajstić information content (AvgIpc) is 3.50. The molecule has 1 amide bonds. The highest BCUT2D eigenvalue weighted by atomic mass is 32.2. The van der Waals surface area contributed by atoms with E-state index in [9.17, 15) is 23.1 Å². The number of anilines is 1. The van der Waals surface area contributed by atoms with Gasteiger partial charge in [-0.3, -0.25) is 4.98 Å². The fourth-order valence-corrected chi connectivity index (χ4v) is 6.46. The number of carbonyl (C=O) groups is 2. The summed E-state index contributed by atoms with van der Waals surface area (Å²) in [6.45, 7) is 9.97. The van der Waals surface area contributed by atoms with Crippen molar-refractivity contribution in [2.24, 2.45) is 11.1 Å². The molecule has 0 saturated carbocycles. The van der Waals surface area contributed by atoms with Crippen molar-refractivity contribution < 1.29 is 27.9 Å². The Morgan fingerprint density at radius 2 is 1.67 bits per heavy atom. The molecule has 13 heteroatoms. The largest absolute Gasteiger partial charge is 0.480 e. The molecule has 238 valence electrons. The van der Waals surface area contributed by atoms with Crippen LogP contribution < -0.4 is 10.6 Å². The van der Waals surface area contributed by atoms with Crippen LogP contribution in [0.1, 0.15) is 52.8 Å². The average molecular weight is 635 g/mol. The summed E-state index contributed by atoms with van der Waals surface area (Å²) in [6, 6.07) is 14.6. The SMILES string of the molecule is CC(C)(C)OC(=O)N(c1cccc(C(N)(Cc2ccc(-n3cccn3)cc2)S(=O)(=O)c2cccnc2)n1)C(C(=O)O)C(C)(C)C. The Morgan fingerprint density at radius 3 is 2.20 bits per heavy atom. The molecule has 0 radical (unpaired) electrons. The highest BCUT2D eigenvalue weighted by molar-refractivity contribution is 7.92. The number of amides is 1. The Morgan fingerprint density at radius 1 is 0.978 bits per heavy atom. The predicted molar refractivity (Wildman–Crippen MR) is 168 cm³/mol. The first kappa shape index (κ1) is 33.3. The first-order valence-corrected chi connectivity index (χ1v) is 15.7. The maximum absolute atomic E-state index is 14.3. The highest BCUT2D eigenvalue weighted by Crippen LogP contribution is 2.36. The van der Waals surface area contributed by atoms with Crippen LogP contribution in [0, 0.1) is 5.41 Å². The van der Waals surface area contributed by atoms with Crippen molar-refractivity contribution >= 4 is 27.7 Å². The number of aliphatic carboxylic acids is 1. The maximum atomic E-state index is 14.3. The molecule has 2 unspecified atom stereocenters. The van der Waals surface area contributed by atoms with Crippen molar-refractivity contribution in [2.45, 2.75) is 69.4 Å². The Hall–Kier alpha value is -4.62. The second kappa shape index (κ2) is 12.4. The molecule has 3 N–H and O–H groups in total. The van der Waals surface area contributed by atoms with Crippen molar-refractivity contribution in [1.29, 1.82) is 0 Å². The van der Waals surface area contributed by atoms with Crippen LogP contribution in [0.2, 0.25) is 0 Å². The molecular formula is C32H38N6O6S. The summed E-state index contributed by atoms with van der Waals surface area (Å²) in [5, 5.41) is 14.5. The minimum atomic E-state index is -4.38. The van der Waals surface area contributed by atoms with Crippen LogP contribution in [0.3, 0.4) is 0 Å². The molecule has 0 aliphatic rings. The van der Waals surface area contributed by atoms with Crippen LogP contribution >= 0.6 is 0 Å². The molecule has 0 aliphatic carbocycles. The number of ether oxygens (including phenoxy) is 1. The van der Waals surface area contributed by atoms with Crippen LogP contribution in [-0.2, 0) is 30.7 Å². The molecule has 3 heterocycles. The Bertz CT molecular complexity index is 1750. The normalized spacial score (nSPS) is 14.3. The molecule has 0 saturated heterocycles. The van der Waals surface area contributed by atoms with Crippen molar-refractivity contribution in [2.75, 3.05) is 4.90 Å². The van der Waals surface area contributed by atoms with Crippen molar-refractivity contribution in [1.82, 2.24) is 19.7 Å². The Kier molecular flexibility index (Phi) is 9.17. The van der Waals surface area contributed by atoms with Gasteiger partial charge in [0.2, 0.25) is 9.84 Å². The zero-order valence-electron chi connectivity index (χ0n) is 26.1. The number of hydrogen-bond acceptors (Lipinski definition) is 9. The van der Waals surface area contributed by atoms with Gasteiger partial charge in [0.25, 0.3) is 0 Å². The van der Waals surface area contributed by atoms with E-state index < -0.39 is 43.8 Å². The summed E-state index contributed by atoms with van der Waals surface area (Å²) in [5.41, 5.74) is 6.22. The fraction of sp³-hybridized carbons (Fsp3) is 0.344. The third kappa shape index (κ3) is 7.21. The number of nitrogens with zero attached hydrogens (tertiary/aromatic N) is 5. The molecule has 0 spiro atoms. The molecule has 1 aromatic carbocycles. The fourth-order valence-electron chi connectivity index (χ4n) is 4.83. The monoisotopic (exact) mass is 634 g/mol. The van der Waals surface area contributed by atoms with Gasteiger partial charge in [-0.15, -0.1) is 0 Å². The van der Waals surface area contributed by atoms with Crippen LogP contribution in [0.5, 0.6) is 0 Å². The van der Waals surface area contributed by atoms with E-state index in [1.165, 1.54) is 42.7 Å². The van der Waals surface area contributed by atoms with Gasteiger partial charge in [-0.05, 0) is 74.2 Å². The number of pyridine rings is 2. The van der Waals surface area contributed by atoms with Gasteiger partial charge in [-0.2, -0.15) is 5.10 Å². The molecule has 0 bridgehead atoms. The summed E-state index contributed by atoms with van der Waals surface area (Å²) in [4.78, 5) is 33.4. The summed E-state index contributed by atoms with van der Waals surface area (Å²) in [5.74, 6) is -1.42. The molecule has 3 aromatic heterocycles. The minimum absolute atomic E-state index is 0.105.